The van der Waals surface area contributed by atoms with Crippen molar-refractivity contribution in [2.24, 2.45) is 0 Å². The van der Waals surface area contributed by atoms with Crippen molar-refractivity contribution < 1.29 is 32.5 Å². The highest BCUT2D eigenvalue weighted by molar-refractivity contribution is 5.78. The molecule has 2 N–H and O–H groups in total. The highest BCUT2D eigenvalue weighted by atomic mass is 19.4. The molecule has 1 aliphatic rings. The second kappa shape index (κ2) is 5.99. The first-order valence-corrected chi connectivity index (χ1v) is 6.51. The molecular formula is C14H15F3N2O4. The van der Waals surface area contributed by atoms with Crippen molar-refractivity contribution in [1.82, 2.24) is 10.4 Å². The van der Waals surface area contributed by atoms with Gasteiger partial charge in [-0.25, -0.2) is 5.01 Å². The molecule has 0 aliphatic carbocycles. The first kappa shape index (κ1) is 16.9. The molecule has 2 rings (SSSR count). The predicted octanol–water partition coefficient (Wildman–Crippen LogP) is 1.58. The van der Waals surface area contributed by atoms with Crippen LogP contribution in [0.2, 0.25) is 0 Å². The second-order valence-electron chi connectivity index (χ2n) is 4.90. The van der Waals surface area contributed by atoms with Crippen LogP contribution in [0.5, 0.6) is 11.5 Å². The largest absolute Gasteiger partial charge is 0.497 e. The lowest BCUT2D eigenvalue weighted by Crippen LogP contribution is -2.60. The zero-order valence-corrected chi connectivity index (χ0v) is 12.2. The average molecular weight is 332 g/mol. The van der Waals surface area contributed by atoms with Gasteiger partial charge >= 0.3 is 6.18 Å². The van der Waals surface area contributed by atoms with Gasteiger partial charge in [-0.3, -0.25) is 10.2 Å². The molecule has 0 bridgehead atoms. The van der Waals surface area contributed by atoms with Gasteiger partial charge in [-0.05, 0) is 24.3 Å². The summed E-state index contributed by atoms with van der Waals surface area (Å²) in [5.41, 5.74) is -1.34. The maximum absolute atomic E-state index is 13.0. The maximum Gasteiger partial charge on any atom is 0.438 e. The zero-order valence-electron chi connectivity index (χ0n) is 12.2. The molecule has 6 nitrogen and oxygen atoms in total. The van der Waals surface area contributed by atoms with Crippen LogP contribution in [0.25, 0.3) is 0 Å². The third kappa shape index (κ3) is 3.34. The molecule has 0 saturated carbocycles. The Labute approximate surface area is 130 Å². The topological polar surface area (TPSA) is 71.0 Å². The summed E-state index contributed by atoms with van der Waals surface area (Å²) < 4.78 is 49.1. The fraction of sp³-hybridized carbons (Fsp3) is 0.357. The van der Waals surface area contributed by atoms with E-state index in [2.05, 4.69) is 12.0 Å². The van der Waals surface area contributed by atoms with Crippen LogP contribution in [-0.4, -0.2) is 41.6 Å². The number of rotatable bonds is 4. The van der Waals surface area contributed by atoms with Crippen molar-refractivity contribution in [3.05, 3.63) is 36.5 Å². The molecule has 1 amide bonds. The van der Waals surface area contributed by atoms with Gasteiger partial charge in [0.1, 0.15) is 11.5 Å². The highest BCUT2D eigenvalue weighted by Crippen LogP contribution is 2.40. The Balaban J connectivity index is 2.05. The van der Waals surface area contributed by atoms with Crippen molar-refractivity contribution in [2.45, 2.75) is 18.3 Å². The predicted molar refractivity (Wildman–Crippen MR) is 73.2 cm³/mol. The third-order valence-electron chi connectivity index (χ3n) is 3.22. The van der Waals surface area contributed by atoms with E-state index in [0.717, 1.165) is 0 Å². The normalized spacial score (nSPS) is 21.1. The van der Waals surface area contributed by atoms with Crippen molar-refractivity contribution in [1.29, 1.82) is 0 Å². The molecule has 1 saturated heterocycles. The Morgan fingerprint density at radius 3 is 2.48 bits per heavy atom. The van der Waals surface area contributed by atoms with E-state index in [0.29, 0.717) is 5.75 Å². The summed E-state index contributed by atoms with van der Waals surface area (Å²) in [5.74, 6) is -0.250. The van der Waals surface area contributed by atoms with Gasteiger partial charge in [0.05, 0.1) is 7.11 Å². The summed E-state index contributed by atoms with van der Waals surface area (Å²) >= 11 is 0. The second-order valence-corrected chi connectivity index (χ2v) is 4.90. The van der Waals surface area contributed by atoms with Gasteiger partial charge < -0.3 is 14.6 Å². The van der Waals surface area contributed by atoms with E-state index >= 15 is 0 Å². The van der Waals surface area contributed by atoms with Crippen molar-refractivity contribution in [2.75, 3.05) is 13.7 Å². The molecule has 0 radical (unpaired) electrons. The number of nitrogens with one attached hydrogen (secondary N) is 1. The van der Waals surface area contributed by atoms with Crippen LogP contribution in [0.3, 0.4) is 0 Å². The maximum atomic E-state index is 13.0. The number of hydrogen-bond acceptors (Lipinski definition) is 5. The number of hydrazine groups is 1. The number of amides is 1. The van der Waals surface area contributed by atoms with Gasteiger partial charge in [0, 0.05) is 12.1 Å². The number of hydrogen-bond donors (Lipinski definition) is 2. The number of carbonyl (C=O) groups excluding carboxylic acids is 1. The van der Waals surface area contributed by atoms with Gasteiger partial charge in [0.15, 0.2) is 6.61 Å². The van der Waals surface area contributed by atoms with Gasteiger partial charge in [-0.1, -0.05) is 6.58 Å². The van der Waals surface area contributed by atoms with Crippen molar-refractivity contribution in [3.8, 4) is 11.5 Å². The zero-order chi connectivity index (χ0) is 17.3. The molecule has 0 spiro atoms. The van der Waals surface area contributed by atoms with Crippen LogP contribution in [-0.2, 0) is 4.79 Å². The molecule has 1 heterocycles. The molecule has 1 aromatic rings. The van der Waals surface area contributed by atoms with E-state index in [1.807, 2.05) is 0 Å². The first-order chi connectivity index (χ1) is 10.7. The van der Waals surface area contributed by atoms with Crippen LogP contribution in [0.15, 0.2) is 36.5 Å². The highest BCUT2D eigenvalue weighted by Gasteiger charge is 2.63. The molecule has 1 aliphatic heterocycles. The molecule has 23 heavy (non-hydrogen) atoms. The monoisotopic (exact) mass is 332 g/mol. The van der Waals surface area contributed by atoms with Crippen molar-refractivity contribution in [3.63, 3.8) is 0 Å². The molecule has 1 aromatic carbocycles. The molecular weight excluding hydrogens is 317 g/mol. The SMILES string of the molecule is C=C1CC(O)(C(F)(F)F)N(C(=O)COc2ccc(OC)cc2)N1. The number of carbonyl (C=O) groups is 1. The minimum absolute atomic E-state index is 0.0961. The standard InChI is InChI=1S/C14H15F3N2O4/c1-9-7-13(21,14(15,16)17)19(18-9)12(20)8-23-11-5-3-10(22-2)4-6-11/h3-6,18,21H,1,7-8H2,2H3. The first-order valence-electron chi connectivity index (χ1n) is 6.51. The van der Waals surface area contributed by atoms with E-state index < -0.39 is 30.8 Å². The number of alkyl halides is 3. The number of ether oxygens (including phenoxy) is 2. The molecule has 126 valence electrons. The lowest BCUT2D eigenvalue weighted by Gasteiger charge is -2.33. The number of halogens is 3. The lowest BCUT2D eigenvalue weighted by molar-refractivity contribution is -0.304. The number of aliphatic hydroxyl groups is 1. The quantitative estimate of drug-likeness (QED) is 0.876. The number of benzene rings is 1. The Bertz CT molecular complexity index is 603. The Kier molecular flexibility index (Phi) is 4.42. The minimum atomic E-state index is -5.03. The van der Waals surface area contributed by atoms with Crippen LogP contribution in [0.4, 0.5) is 13.2 Å². The summed E-state index contributed by atoms with van der Waals surface area (Å²) in [4.78, 5) is 12.0. The van der Waals surface area contributed by atoms with E-state index in [9.17, 15) is 23.1 Å². The summed E-state index contributed by atoms with van der Waals surface area (Å²) in [5, 5.41) is 9.87. The third-order valence-corrected chi connectivity index (χ3v) is 3.22. The fourth-order valence-electron chi connectivity index (χ4n) is 2.04. The van der Waals surface area contributed by atoms with Gasteiger partial charge in [-0.2, -0.15) is 13.2 Å². The number of methoxy groups -OCH3 is 1. The van der Waals surface area contributed by atoms with E-state index in [4.69, 9.17) is 9.47 Å². The summed E-state index contributed by atoms with van der Waals surface area (Å²) in [6.45, 7) is 2.62. The van der Waals surface area contributed by atoms with E-state index in [1.54, 1.807) is 12.1 Å². The average Bonchev–Trinajstić information content (AvgIpc) is 2.81. The molecule has 1 atom stereocenters. The van der Waals surface area contributed by atoms with Crippen LogP contribution >= 0.6 is 0 Å². The minimum Gasteiger partial charge on any atom is -0.497 e. The summed E-state index contributed by atoms with van der Waals surface area (Å²) in [7, 11) is 1.48. The molecule has 9 heteroatoms. The van der Waals surface area contributed by atoms with Crippen molar-refractivity contribution >= 4 is 5.91 Å². The smallest absolute Gasteiger partial charge is 0.438 e. The summed E-state index contributed by atoms with van der Waals surface area (Å²) in [6.07, 6.45) is -5.88. The molecule has 1 unspecified atom stereocenters. The Hall–Kier alpha value is -2.42. The number of nitrogens with zero attached hydrogens (tertiary/aromatic N) is 1. The fourth-order valence-corrected chi connectivity index (χ4v) is 2.04. The van der Waals surface area contributed by atoms with Gasteiger partial charge in [0.2, 0.25) is 0 Å². The van der Waals surface area contributed by atoms with Crippen LogP contribution in [0, 0.1) is 0 Å². The molecule has 0 aromatic heterocycles. The van der Waals surface area contributed by atoms with Gasteiger partial charge in [-0.15, -0.1) is 0 Å². The van der Waals surface area contributed by atoms with Crippen LogP contribution in [0.1, 0.15) is 6.42 Å². The van der Waals surface area contributed by atoms with E-state index in [-0.39, 0.29) is 16.5 Å². The molecule has 1 fully saturated rings. The van der Waals surface area contributed by atoms with Crippen LogP contribution < -0.4 is 14.9 Å². The van der Waals surface area contributed by atoms with E-state index in [1.165, 1.54) is 19.2 Å². The lowest BCUT2D eigenvalue weighted by atomic mass is 10.1. The Morgan fingerprint density at radius 1 is 1.39 bits per heavy atom. The Morgan fingerprint density at radius 2 is 1.96 bits per heavy atom. The van der Waals surface area contributed by atoms with Gasteiger partial charge in [0.25, 0.3) is 11.6 Å². The summed E-state index contributed by atoms with van der Waals surface area (Å²) in [6, 6.07) is 6.14.